The zero-order chi connectivity index (χ0) is 13.0. The first-order valence-electron chi connectivity index (χ1n) is 5.53. The van der Waals surface area contributed by atoms with E-state index in [1.54, 1.807) is 22.9 Å². The second kappa shape index (κ2) is 5.59. The Balaban J connectivity index is 2.06. The highest BCUT2D eigenvalue weighted by molar-refractivity contribution is 7.07. The Morgan fingerprint density at radius 1 is 1.50 bits per heavy atom. The normalized spacial score (nSPS) is 10.3. The number of nitrogens with one attached hydrogen (secondary N) is 1. The number of benzene rings is 1. The van der Waals surface area contributed by atoms with Gasteiger partial charge in [-0.3, -0.25) is 10.1 Å². The molecule has 0 unspecified atom stereocenters. The highest BCUT2D eigenvalue weighted by Crippen LogP contribution is 2.27. The van der Waals surface area contributed by atoms with E-state index in [1.807, 2.05) is 18.4 Å². The summed E-state index contributed by atoms with van der Waals surface area (Å²) < 4.78 is 0. The van der Waals surface area contributed by atoms with Crippen molar-refractivity contribution in [3.05, 3.63) is 50.5 Å². The van der Waals surface area contributed by atoms with Gasteiger partial charge in [-0.2, -0.15) is 0 Å². The molecule has 0 amide bonds. The van der Waals surface area contributed by atoms with Gasteiger partial charge in [0.2, 0.25) is 0 Å². The summed E-state index contributed by atoms with van der Waals surface area (Å²) in [4.78, 5) is 14.7. The summed E-state index contributed by atoms with van der Waals surface area (Å²) in [7, 11) is 0. The van der Waals surface area contributed by atoms with Crippen LogP contribution in [-0.2, 0) is 6.42 Å². The van der Waals surface area contributed by atoms with Gasteiger partial charge in [0.25, 0.3) is 5.69 Å². The van der Waals surface area contributed by atoms with Crippen molar-refractivity contribution in [2.24, 2.45) is 0 Å². The van der Waals surface area contributed by atoms with E-state index in [9.17, 15) is 10.1 Å². The third kappa shape index (κ3) is 2.84. The number of hydrogen-bond donors (Lipinski definition) is 1. The Labute approximate surface area is 109 Å². The summed E-state index contributed by atoms with van der Waals surface area (Å²) >= 11 is 1.55. The predicted molar refractivity (Wildman–Crippen MR) is 72.1 cm³/mol. The second-order valence-electron chi connectivity index (χ2n) is 3.88. The third-order valence-electron chi connectivity index (χ3n) is 2.61. The minimum Gasteiger partial charge on any atom is -0.379 e. The number of anilines is 1. The van der Waals surface area contributed by atoms with E-state index in [0.29, 0.717) is 12.2 Å². The van der Waals surface area contributed by atoms with Crippen molar-refractivity contribution in [2.75, 3.05) is 11.9 Å². The largest absolute Gasteiger partial charge is 0.379 e. The number of nitro groups is 1. The highest BCUT2D eigenvalue weighted by Gasteiger charge is 2.14. The van der Waals surface area contributed by atoms with Crippen LogP contribution >= 0.6 is 11.3 Å². The molecule has 0 bridgehead atoms. The first-order valence-corrected chi connectivity index (χ1v) is 6.47. The van der Waals surface area contributed by atoms with Crippen LogP contribution in [0.5, 0.6) is 0 Å². The molecule has 0 spiro atoms. The first kappa shape index (κ1) is 12.5. The number of nitrogens with zero attached hydrogens (tertiary/aromatic N) is 2. The summed E-state index contributed by atoms with van der Waals surface area (Å²) in [6.45, 7) is 2.49. The number of aromatic nitrogens is 1. The number of aryl methyl sites for hydroxylation is 1. The maximum absolute atomic E-state index is 10.9. The molecule has 5 nitrogen and oxygen atoms in total. The maximum atomic E-state index is 10.9. The maximum Gasteiger partial charge on any atom is 0.292 e. The molecule has 0 radical (unpaired) electrons. The lowest BCUT2D eigenvalue weighted by Crippen LogP contribution is -2.08. The summed E-state index contributed by atoms with van der Waals surface area (Å²) in [5, 5.41) is 16.0. The molecule has 1 heterocycles. The van der Waals surface area contributed by atoms with Crippen molar-refractivity contribution in [3.63, 3.8) is 0 Å². The van der Waals surface area contributed by atoms with E-state index < -0.39 is 0 Å². The van der Waals surface area contributed by atoms with Crippen molar-refractivity contribution in [1.82, 2.24) is 4.98 Å². The van der Waals surface area contributed by atoms with Gasteiger partial charge in [-0.25, -0.2) is 4.98 Å². The van der Waals surface area contributed by atoms with Crippen molar-refractivity contribution in [3.8, 4) is 0 Å². The van der Waals surface area contributed by atoms with E-state index in [0.717, 1.165) is 17.7 Å². The predicted octanol–water partition coefficient (Wildman–Crippen LogP) is 3.01. The van der Waals surface area contributed by atoms with Gasteiger partial charge in [0.05, 0.1) is 16.1 Å². The van der Waals surface area contributed by atoms with Crippen LogP contribution < -0.4 is 5.32 Å². The molecular formula is C12H13N3O2S. The molecule has 0 fully saturated rings. The Morgan fingerprint density at radius 2 is 2.33 bits per heavy atom. The van der Waals surface area contributed by atoms with Gasteiger partial charge in [0, 0.05) is 24.4 Å². The molecule has 0 saturated heterocycles. The number of para-hydroxylation sites is 1. The summed E-state index contributed by atoms with van der Waals surface area (Å²) in [6, 6.07) is 5.06. The fraction of sp³-hybridized carbons (Fsp3) is 0.250. The van der Waals surface area contributed by atoms with Crippen LogP contribution in [-0.4, -0.2) is 16.5 Å². The van der Waals surface area contributed by atoms with Gasteiger partial charge < -0.3 is 5.32 Å². The standard InChI is InChI=1S/C12H13N3O2S/c1-9-3-2-4-11(15(16)17)12(9)13-6-5-10-7-18-8-14-10/h2-4,7-8,13H,5-6H2,1H3. The van der Waals surface area contributed by atoms with Gasteiger partial charge >= 0.3 is 0 Å². The van der Waals surface area contributed by atoms with Crippen LogP contribution in [0.15, 0.2) is 29.1 Å². The summed E-state index contributed by atoms with van der Waals surface area (Å²) in [6.07, 6.45) is 0.759. The van der Waals surface area contributed by atoms with Crippen LogP contribution in [0.2, 0.25) is 0 Å². The van der Waals surface area contributed by atoms with E-state index in [1.165, 1.54) is 6.07 Å². The number of thiazole rings is 1. The Kier molecular flexibility index (Phi) is 3.88. The first-order chi connectivity index (χ1) is 8.68. The topological polar surface area (TPSA) is 68.1 Å². The van der Waals surface area contributed by atoms with E-state index in [2.05, 4.69) is 10.3 Å². The van der Waals surface area contributed by atoms with Crippen LogP contribution in [0.1, 0.15) is 11.3 Å². The lowest BCUT2D eigenvalue weighted by Gasteiger charge is -2.09. The van der Waals surface area contributed by atoms with Crippen LogP contribution in [0, 0.1) is 17.0 Å². The molecule has 94 valence electrons. The summed E-state index contributed by atoms with van der Waals surface area (Å²) in [5.74, 6) is 0. The number of nitro benzene ring substituents is 1. The average Bonchev–Trinajstić information content (AvgIpc) is 2.84. The molecule has 18 heavy (non-hydrogen) atoms. The second-order valence-corrected chi connectivity index (χ2v) is 4.60. The molecular weight excluding hydrogens is 250 g/mol. The average molecular weight is 263 g/mol. The fourth-order valence-electron chi connectivity index (χ4n) is 1.71. The monoisotopic (exact) mass is 263 g/mol. The van der Waals surface area contributed by atoms with Gasteiger partial charge in [-0.05, 0) is 12.5 Å². The van der Waals surface area contributed by atoms with Crippen molar-refractivity contribution >= 4 is 22.7 Å². The Morgan fingerprint density at radius 3 is 3.00 bits per heavy atom. The number of rotatable bonds is 5. The lowest BCUT2D eigenvalue weighted by molar-refractivity contribution is -0.384. The third-order valence-corrected chi connectivity index (χ3v) is 3.25. The van der Waals surface area contributed by atoms with Gasteiger partial charge in [0.15, 0.2) is 0 Å². The van der Waals surface area contributed by atoms with Crippen molar-refractivity contribution < 1.29 is 4.92 Å². The lowest BCUT2D eigenvalue weighted by atomic mass is 10.1. The van der Waals surface area contributed by atoms with E-state index in [-0.39, 0.29) is 10.6 Å². The Bertz CT molecular complexity index is 540. The molecule has 0 saturated carbocycles. The molecule has 0 aliphatic heterocycles. The van der Waals surface area contributed by atoms with Crippen LogP contribution in [0.4, 0.5) is 11.4 Å². The van der Waals surface area contributed by atoms with Gasteiger partial charge in [-0.15, -0.1) is 11.3 Å². The zero-order valence-corrected chi connectivity index (χ0v) is 10.7. The minimum absolute atomic E-state index is 0.119. The molecule has 1 aromatic heterocycles. The molecule has 0 aliphatic rings. The highest BCUT2D eigenvalue weighted by atomic mass is 32.1. The van der Waals surface area contributed by atoms with Crippen LogP contribution in [0.3, 0.4) is 0 Å². The SMILES string of the molecule is Cc1cccc([N+](=O)[O-])c1NCCc1cscn1. The van der Waals surface area contributed by atoms with Gasteiger partial charge in [0.1, 0.15) is 5.69 Å². The molecule has 0 aliphatic carbocycles. The van der Waals surface area contributed by atoms with Crippen molar-refractivity contribution in [1.29, 1.82) is 0 Å². The Hall–Kier alpha value is -1.95. The molecule has 1 aromatic carbocycles. The fourth-order valence-corrected chi connectivity index (χ4v) is 2.30. The zero-order valence-electron chi connectivity index (χ0n) is 9.92. The van der Waals surface area contributed by atoms with Crippen LogP contribution in [0.25, 0.3) is 0 Å². The smallest absolute Gasteiger partial charge is 0.292 e. The molecule has 2 rings (SSSR count). The quantitative estimate of drug-likeness (QED) is 0.665. The van der Waals surface area contributed by atoms with E-state index >= 15 is 0 Å². The van der Waals surface area contributed by atoms with Gasteiger partial charge in [-0.1, -0.05) is 12.1 Å². The summed E-state index contributed by atoms with van der Waals surface area (Å²) in [5.41, 5.74) is 4.38. The molecule has 2 aromatic rings. The number of hydrogen-bond acceptors (Lipinski definition) is 5. The van der Waals surface area contributed by atoms with Crippen molar-refractivity contribution in [2.45, 2.75) is 13.3 Å². The molecule has 6 heteroatoms. The van der Waals surface area contributed by atoms with E-state index in [4.69, 9.17) is 0 Å². The molecule has 0 atom stereocenters. The minimum atomic E-state index is -0.363. The molecule has 1 N–H and O–H groups in total.